The molecule has 1 aliphatic heterocycles. The van der Waals surface area contributed by atoms with Gasteiger partial charge in [0.15, 0.2) is 0 Å². The van der Waals surface area contributed by atoms with E-state index in [2.05, 4.69) is 17.2 Å². The van der Waals surface area contributed by atoms with E-state index in [4.69, 9.17) is 0 Å². The molecule has 0 aromatic carbocycles. The van der Waals surface area contributed by atoms with Crippen LogP contribution in [0.25, 0.3) is 0 Å². The van der Waals surface area contributed by atoms with Gasteiger partial charge in [0.2, 0.25) is 0 Å². The van der Waals surface area contributed by atoms with Crippen LogP contribution in [0.3, 0.4) is 0 Å². The van der Waals surface area contributed by atoms with Gasteiger partial charge in [0.05, 0.1) is 11.9 Å². The Morgan fingerprint density at radius 1 is 1.59 bits per heavy atom. The summed E-state index contributed by atoms with van der Waals surface area (Å²) < 4.78 is 0. The number of rotatable bonds is 2. The Bertz CT molecular complexity index is 366. The minimum absolute atomic E-state index is 0.00421. The topological polar surface area (TPSA) is 45.2 Å². The predicted octanol–water partition coefficient (Wildman–Crippen LogP) is 2.88. The summed E-state index contributed by atoms with van der Waals surface area (Å²) in [7, 11) is 0. The highest BCUT2D eigenvalue weighted by Gasteiger charge is 2.25. The van der Waals surface area contributed by atoms with Crippen LogP contribution in [0, 0.1) is 0 Å². The minimum Gasteiger partial charge on any atom is -0.322 e. The summed E-state index contributed by atoms with van der Waals surface area (Å²) in [5, 5.41) is 2.90. The molecule has 1 aromatic rings. The summed E-state index contributed by atoms with van der Waals surface area (Å²) >= 11 is 0. The molecule has 1 aliphatic rings. The number of hydrogen-bond acceptors (Lipinski definition) is 2. The fourth-order valence-electron chi connectivity index (χ4n) is 2.32. The van der Waals surface area contributed by atoms with Crippen LogP contribution < -0.4 is 5.32 Å². The number of urea groups is 1. The van der Waals surface area contributed by atoms with E-state index in [-0.39, 0.29) is 6.03 Å². The maximum Gasteiger partial charge on any atom is 0.322 e. The van der Waals surface area contributed by atoms with Crippen LogP contribution in [0.15, 0.2) is 24.5 Å². The van der Waals surface area contributed by atoms with Crippen molar-refractivity contribution in [3.63, 3.8) is 0 Å². The standard InChI is InChI=1S/C13H19N3O/c1-2-12-7-3-4-9-16(12)13(17)15-11-6-5-8-14-10-11/h5-6,8,10,12H,2-4,7,9H2,1H3,(H,15,17). The Balaban J connectivity index is 1.99. The molecule has 0 spiro atoms. The molecule has 0 radical (unpaired) electrons. The Morgan fingerprint density at radius 3 is 3.18 bits per heavy atom. The van der Waals surface area contributed by atoms with Crippen LogP contribution in [0.1, 0.15) is 32.6 Å². The van der Waals surface area contributed by atoms with Crippen molar-refractivity contribution < 1.29 is 4.79 Å². The fraction of sp³-hybridized carbons (Fsp3) is 0.538. The Labute approximate surface area is 102 Å². The van der Waals surface area contributed by atoms with E-state index in [1.54, 1.807) is 12.4 Å². The number of anilines is 1. The average Bonchev–Trinajstić information content (AvgIpc) is 2.40. The van der Waals surface area contributed by atoms with Crippen molar-refractivity contribution in [2.24, 2.45) is 0 Å². The summed E-state index contributed by atoms with van der Waals surface area (Å²) in [5.74, 6) is 0. The van der Waals surface area contributed by atoms with E-state index in [0.29, 0.717) is 6.04 Å². The lowest BCUT2D eigenvalue weighted by atomic mass is 10.0. The largest absolute Gasteiger partial charge is 0.322 e. The number of piperidine rings is 1. The molecule has 1 atom stereocenters. The number of carbonyl (C=O) groups is 1. The zero-order valence-electron chi connectivity index (χ0n) is 10.2. The number of carbonyl (C=O) groups excluding carboxylic acids is 1. The molecule has 0 aliphatic carbocycles. The van der Waals surface area contributed by atoms with E-state index < -0.39 is 0 Å². The van der Waals surface area contributed by atoms with Gasteiger partial charge in [-0.2, -0.15) is 0 Å². The summed E-state index contributed by atoms with van der Waals surface area (Å²) in [4.78, 5) is 18.1. The SMILES string of the molecule is CCC1CCCCN1C(=O)Nc1cccnc1. The lowest BCUT2D eigenvalue weighted by Gasteiger charge is -2.35. The number of nitrogens with one attached hydrogen (secondary N) is 1. The van der Waals surface area contributed by atoms with Crippen LogP contribution in [0.4, 0.5) is 10.5 Å². The highest BCUT2D eigenvalue weighted by molar-refractivity contribution is 5.89. The van der Waals surface area contributed by atoms with Crippen LogP contribution in [-0.4, -0.2) is 28.5 Å². The Hall–Kier alpha value is -1.58. The Morgan fingerprint density at radius 2 is 2.47 bits per heavy atom. The molecule has 2 heterocycles. The summed E-state index contributed by atoms with van der Waals surface area (Å²) in [5.41, 5.74) is 0.762. The van der Waals surface area contributed by atoms with Gasteiger partial charge in [-0.25, -0.2) is 4.79 Å². The number of aromatic nitrogens is 1. The highest BCUT2D eigenvalue weighted by atomic mass is 16.2. The molecule has 4 nitrogen and oxygen atoms in total. The number of hydrogen-bond donors (Lipinski definition) is 1. The number of likely N-dealkylation sites (tertiary alicyclic amines) is 1. The van der Waals surface area contributed by atoms with Gasteiger partial charge in [-0.3, -0.25) is 4.98 Å². The molecule has 17 heavy (non-hydrogen) atoms. The van der Waals surface area contributed by atoms with Crippen LogP contribution in [-0.2, 0) is 0 Å². The van der Waals surface area contributed by atoms with Gasteiger partial charge < -0.3 is 10.2 Å². The van der Waals surface area contributed by atoms with Crippen molar-refractivity contribution in [3.8, 4) is 0 Å². The van der Waals surface area contributed by atoms with Gasteiger partial charge in [-0.15, -0.1) is 0 Å². The summed E-state index contributed by atoms with van der Waals surface area (Å²) in [6.45, 7) is 3.00. The van der Waals surface area contributed by atoms with Crippen LogP contribution in [0.2, 0.25) is 0 Å². The van der Waals surface area contributed by atoms with Crippen molar-refractivity contribution >= 4 is 11.7 Å². The third kappa shape index (κ3) is 2.96. The van der Waals surface area contributed by atoms with Gasteiger partial charge in [0.25, 0.3) is 0 Å². The van der Waals surface area contributed by atoms with E-state index in [0.717, 1.165) is 31.5 Å². The lowest BCUT2D eigenvalue weighted by molar-refractivity contribution is 0.160. The first-order valence-electron chi connectivity index (χ1n) is 6.29. The molecule has 92 valence electrons. The smallest absolute Gasteiger partial charge is 0.322 e. The summed E-state index contributed by atoms with van der Waals surface area (Å²) in [6, 6.07) is 4.07. The van der Waals surface area contributed by atoms with Crippen molar-refractivity contribution in [1.82, 2.24) is 9.88 Å². The second-order valence-corrected chi connectivity index (χ2v) is 4.42. The number of pyridine rings is 1. The Kier molecular flexibility index (Phi) is 3.96. The summed E-state index contributed by atoms with van der Waals surface area (Å²) in [6.07, 6.45) is 7.86. The molecule has 0 bridgehead atoms. The van der Waals surface area contributed by atoms with Crippen molar-refractivity contribution in [1.29, 1.82) is 0 Å². The van der Waals surface area contributed by atoms with Crippen molar-refractivity contribution in [2.75, 3.05) is 11.9 Å². The third-order valence-electron chi connectivity index (χ3n) is 3.27. The first kappa shape index (κ1) is 11.9. The minimum atomic E-state index is 0.00421. The third-order valence-corrected chi connectivity index (χ3v) is 3.27. The van der Waals surface area contributed by atoms with E-state index >= 15 is 0 Å². The molecule has 0 saturated carbocycles. The zero-order valence-corrected chi connectivity index (χ0v) is 10.2. The van der Waals surface area contributed by atoms with Gasteiger partial charge >= 0.3 is 6.03 Å². The number of amides is 2. The van der Waals surface area contributed by atoms with Crippen LogP contribution >= 0.6 is 0 Å². The number of nitrogens with zero attached hydrogens (tertiary/aromatic N) is 2. The maximum atomic E-state index is 12.1. The van der Waals surface area contributed by atoms with Crippen LogP contribution in [0.5, 0.6) is 0 Å². The predicted molar refractivity (Wildman–Crippen MR) is 67.9 cm³/mol. The molecular formula is C13H19N3O. The van der Waals surface area contributed by atoms with Crippen molar-refractivity contribution in [3.05, 3.63) is 24.5 Å². The second-order valence-electron chi connectivity index (χ2n) is 4.42. The molecule has 1 saturated heterocycles. The van der Waals surface area contributed by atoms with Gasteiger partial charge in [0, 0.05) is 18.8 Å². The average molecular weight is 233 g/mol. The fourth-order valence-corrected chi connectivity index (χ4v) is 2.32. The first-order chi connectivity index (χ1) is 8.31. The van der Waals surface area contributed by atoms with E-state index in [9.17, 15) is 4.79 Å². The maximum absolute atomic E-state index is 12.1. The second kappa shape index (κ2) is 5.66. The van der Waals surface area contributed by atoms with Gasteiger partial charge in [-0.1, -0.05) is 6.92 Å². The first-order valence-corrected chi connectivity index (χ1v) is 6.29. The molecule has 4 heteroatoms. The molecule has 2 amide bonds. The molecule has 1 unspecified atom stereocenters. The van der Waals surface area contributed by atoms with Gasteiger partial charge in [-0.05, 0) is 37.8 Å². The highest BCUT2D eigenvalue weighted by Crippen LogP contribution is 2.20. The molecule has 2 rings (SSSR count). The quantitative estimate of drug-likeness (QED) is 0.853. The molecular weight excluding hydrogens is 214 g/mol. The molecule has 1 fully saturated rings. The molecule has 1 N–H and O–H groups in total. The van der Waals surface area contributed by atoms with Gasteiger partial charge in [0.1, 0.15) is 0 Å². The van der Waals surface area contributed by atoms with E-state index in [1.807, 2.05) is 17.0 Å². The molecule has 1 aromatic heterocycles. The monoisotopic (exact) mass is 233 g/mol. The lowest BCUT2D eigenvalue weighted by Crippen LogP contribution is -2.45. The zero-order chi connectivity index (χ0) is 12.1. The normalized spacial score (nSPS) is 20.1. The van der Waals surface area contributed by atoms with Crippen molar-refractivity contribution in [2.45, 2.75) is 38.6 Å². The van der Waals surface area contributed by atoms with E-state index in [1.165, 1.54) is 6.42 Å².